The van der Waals surface area contributed by atoms with Gasteiger partial charge < -0.3 is 5.32 Å². The average Bonchev–Trinajstić information content (AvgIpc) is 2.52. The molecule has 0 radical (unpaired) electrons. The molecule has 0 unspecified atom stereocenters. The van der Waals surface area contributed by atoms with E-state index in [9.17, 15) is 4.39 Å². The maximum Gasteiger partial charge on any atom is 0.0902 e. The molecule has 2 nitrogen and oxygen atoms in total. The zero-order chi connectivity index (χ0) is 15.1. The lowest BCUT2D eigenvalue weighted by Gasteiger charge is -2.07. The highest BCUT2D eigenvalue weighted by atomic mass is 19.1. The third-order valence-corrected chi connectivity index (χ3v) is 3.40. The molecule has 0 aliphatic rings. The average molecular weight is 284 g/mol. The molecular formula is C18H21FN2. The van der Waals surface area contributed by atoms with Crippen LogP contribution in [-0.4, -0.2) is 12.5 Å². The van der Waals surface area contributed by atoms with Crippen LogP contribution < -0.4 is 5.32 Å². The van der Waals surface area contributed by atoms with Crippen molar-refractivity contribution in [1.29, 1.82) is 5.41 Å². The molecule has 110 valence electrons. The van der Waals surface area contributed by atoms with Crippen LogP contribution in [0.4, 0.5) is 4.39 Å². The summed E-state index contributed by atoms with van der Waals surface area (Å²) in [5.74, 6) is 0.475. The molecule has 0 aliphatic carbocycles. The summed E-state index contributed by atoms with van der Waals surface area (Å²) in [7, 11) is 0. The van der Waals surface area contributed by atoms with E-state index in [-0.39, 0.29) is 6.67 Å². The number of rotatable bonds is 6. The Hall–Kier alpha value is -2.16. The molecule has 0 bridgehead atoms. The van der Waals surface area contributed by atoms with Gasteiger partial charge in [0.25, 0.3) is 0 Å². The number of alkyl halides is 1. The van der Waals surface area contributed by atoms with Crippen LogP contribution in [0.2, 0.25) is 0 Å². The number of nitrogens with one attached hydrogen (secondary N) is 2. The van der Waals surface area contributed by atoms with Gasteiger partial charge in [-0.15, -0.1) is 0 Å². The predicted octanol–water partition coefficient (Wildman–Crippen LogP) is 4.34. The molecule has 21 heavy (non-hydrogen) atoms. The molecule has 0 fully saturated rings. The van der Waals surface area contributed by atoms with Gasteiger partial charge in [-0.2, -0.15) is 0 Å². The summed E-state index contributed by atoms with van der Waals surface area (Å²) in [4.78, 5) is 0. The van der Waals surface area contributed by atoms with Crippen molar-refractivity contribution in [3.8, 4) is 11.1 Å². The summed E-state index contributed by atoms with van der Waals surface area (Å²) in [6.07, 6.45) is 1.39. The van der Waals surface area contributed by atoms with Crippen molar-refractivity contribution in [1.82, 2.24) is 5.32 Å². The Labute approximate surface area is 125 Å². The van der Waals surface area contributed by atoms with Gasteiger partial charge in [-0.3, -0.25) is 9.80 Å². The first-order valence-electron chi connectivity index (χ1n) is 7.22. The van der Waals surface area contributed by atoms with Crippen LogP contribution in [0, 0.1) is 5.41 Å². The molecule has 0 amide bonds. The van der Waals surface area contributed by atoms with E-state index in [0.29, 0.717) is 18.8 Å². The van der Waals surface area contributed by atoms with Crippen LogP contribution in [-0.2, 0) is 13.0 Å². The fourth-order valence-electron chi connectivity index (χ4n) is 2.18. The van der Waals surface area contributed by atoms with Crippen molar-refractivity contribution < 1.29 is 4.39 Å². The van der Waals surface area contributed by atoms with E-state index >= 15 is 0 Å². The largest absolute Gasteiger partial charge is 0.370 e. The third kappa shape index (κ3) is 4.71. The van der Waals surface area contributed by atoms with E-state index in [0.717, 1.165) is 12.0 Å². The Morgan fingerprint density at radius 2 is 1.48 bits per heavy atom. The summed E-state index contributed by atoms with van der Waals surface area (Å²) in [6.45, 7) is 2.16. The van der Waals surface area contributed by atoms with Crippen molar-refractivity contribution in [3.63, 3.8) is 0 Å². The van der Waals surface area contributed by atoms with Gasteiger partial charge in [0.1, 0.15) is 0 Å². The van der Waals surface area contributed by atoms with E-state index in [2.05, 4.69) is 53.8 Å². The third-order valence-electron chi connectivity index (χ3n) is 3.40. The number of hydrogen-bond acceptors (Lipinski definition) is 1. The topological polar surface area (TPSA) is 35.9 Å². The Balaban J connectivity index is 2.02. The summed E-state index contributed by atoms with van der Waals surface area (Å²) in [5, 5.41) is 10.4. The van der Waals surface area contributed by atoms with Crippen LogP contribution in [0.5, 0.6) is 0 Å². The smallest absolute Gasteiger partial charge is 0.0902 e. The summed E-state index contributed by atoms with van der Waals surface area (Å²) in [5.41, 5.74) is 4.67. The lowest BCUT2D eigenvalue weighted by atomic mass is 10.0. The Bertz CT molecular complexity index is 573. The van der Waals surface area contributed by atoms with Crippen LogP contribution in [0.1, 0.15) is 24.5 Å². The van der Waals surface area contributed by atoms with Crippen molar-refractivity contribution in [2.45, 2.75) is 26.3 Å². The van der Waals surface area contributed by atoms with E-state index in [1.807, 2.05) is 0 Å². The molecule has 2 aromatic rings. The van der Waals surface area contributed by atoms with E-state index in [1.54, 1.807) is 6.92 Å². The van der Waals surface area contributed by atoms with Crippen molar-refractivity contribution in [2.75, 3.05) is 6.67 Å². The lowest BCUT2D eigenvalue weighted by molar-refractivity contribution is 0.473. The predicted molar refractivity (Wildman–Crippen MR) is 86.4 cm³/mol. The normalized spacial score (nSPS) is 10.4. The fraction of sp³-hybridized carbons (Fsp3) is 0.278. The number of halogens is 1. The second-order valence-electron chi connectivity index (χ2n) is 5.16. The highest BCUT2D eigenvalue weighted by molar-refractivity contribution is 5.75. The number of benzene rings is 2. The van der Waals surface area contributed by atoms with Gasteiger partial charge in [-0.05, 0) is 42.0 Å². The first-order chi connectivity index (χ1) is 10.2. The minimum atomic E-state index is -0.257. The standard InChI is InChI=1S/C18H21FN2/c1-14(20)21-13-16-6-10-18(11-7-16)17-8-4-15(5-9-17)3-2-12-19/h4-11H,2-3,12-13H2,1H3,(H2,20,21). The molecule has 0 aromatic heterocycles. The molecule has 0 saturated carbocycles. The minimum absolute atomic E-state index is 0.257. The number of aryl methyl sites for hydroxylation is 1. The van der Waals surface area contributed by atoms with Crippen molar-refractivity contribution >= 4 is 5.84 Å². The number of hydrogen-bond donors (Lipinski definition) is 2. The van der Waals surface area contributed by atoms with Crippen LogP contribution in [0.3, 0.4) is 0 Å². The summed E-state index contributed by atoms with van der Waals surface area (Å²) >= 11 is 0. The zero-order valence-corrected chi connectivity index (χ0v) is 12.3. The maximum absolute atomic E-state index is 12.2. The molecule has 0 spiro atoms. The van der Waals surface area contributed by atoms with Gasteiger partial charge in [-0.1, -0.05) is 48.5 Å². The monoisotopic (exact) mass is 284 g/mol. The van der Waals surface area contributed by atoms with Crippen LogP contribution in [0.15, 0.2) is 48.5 Å². The Morgan fingerprint density at radius 1 is 0.952 bits per heavy atom. The quantitative estimate of drug-likeness (QED) is 0.600. The van der Waals surface area contributed by atoms with Crippen molar-refractivity contribution in [3.05, 3.63) is 59.7 Å². The minimum Gasteiger partial charge on any atom is -0.370 e. The van der Waals surface area contributed by atoms with Crippen LogP contribution >= 0.6 is 0 Å². The molecule has 3 heteroatoms. The fourth-order valence-corrected chi connectivity index (χ4v) is 2.18. The first-order valence-corrected chi connectivity index (χ1v) is 7.22. The van der Waals surface area contributed by atoms with E-state index in [1.165, 1.54) is 16.7 Å². The summed E-state index contributed by atoms with van der Waals surface area (Å²) in [6, 6.07) is 16.6. The Morgan fingerprint density at radius 3 is 1.95 bits per heavy atom. The second kappa shape index (κ2) is 7.58. The molecule has 0 atom stereocenters. The van der Waals surface area contributed by atoms with E-state index < -0.39 is 0 Å². The maximum atomic E-state index is 12.2. The molecular weight excluding hydrogens is 263 g/mol. The lowest BCUT2D eigenvalue weighted by Crippen LogP contribution is -2.18. The van der Waals surface area contributed by atoms with E-state index in [4.69, 9.17) is 5.41 Å². The molecule has 2 N–H and O–H groups in total. The zero-order valence-electron chi connectivity index (χ0n) is 12.3. The summed E-state index contributed by atoms with van der Waals surface area (Å²) < 4.78 is 12.2. The van der Waals surface area contributed by atoms with Gasteiger partial charge in [0.2, 0.25) is 0 Å². The van der Waals surface area contributed by atoms with Gasteiger partial charge >= 0.3 is 0 Å². The molecule has 0 aliphatic heterocycles. The van der Waals surface area contributed by atoms with Gasteiger partial charge in [0.05, 0.1) is 12.5 Å². The highest BCUT2D eigenvalue weighted by Crippen LogP contribution is 2.21. The van der Waals surface area contributed by atoms with Gasteiger partial charge in [0, 0.05) is 6.54 Å². The van der Waals surface area contributed by atoms with Crippen LogP contribution in [0.25, 0.3) is 11.1 Å². The molecule has 0 heterocycles. The molecule has 2 rings (SSSR count). The Kier molecular flexibility index (Phi) is 5.50. The van der Waals surface area contributed by atoms with Gasteiger partial charge in [-0.25, -0.2) is 0 Å². The molecule has 2 aromatic carbocycles. The van der Waals surface area contributed by atoms with Crippen molar-refractivity contribution in [2.24, 2.45) is 0 Å². The highest BCUT2D eigenvalue weighted by Gasteiger charge is 2.00. The van der Waals surface area contributed by atoms with Gasteiger partial charge in [0.15, 0.2) is 0 Å². The number of amidine groups is 1. The second-order valence-corrected chi connectivity index (χ2v) is 5.16. The molecule has 0 saturated heterocycles. The SMILES string of the molecule is CC(=N)NCc1ccc(-c2ccc(CCCF)cc2)cc1. The first kappa shape index (κ1) is 15.2.